The van der Waals surface area contributed by atoms with E-state index in [-0.39, 0.29) is 41.7 Å². The molecule has 11 nitrogen and oxygen atoms in total. The van der Waals surface area contributed by atoms with Crippen molar-refractivity contribution >= 4 is 34.6 Å². The van der Waals surface area contributed by atoms with Gasteiger partial charge in [-0.3, -0.25) is 23.6 Å². The van der Waals surface area contributed by atoms with E-state index in [0.717, 1.165) is 11.1 Å². The van der Waals surface area contributed by atoms with E-state index < -0.39 is 11.2 Å². The molecule has 2 amide bonds. The van der Waals surface area contributed by atoms with Crippen LogP contribution in [0.1, 0.15) is 93.4 Å². The van der Waals surface area contributed by atoms with Crippen molar-refractivity contribution in [1.82, 2.24) is 23.9 Å². The highest BCUT2D eigenvalue weighted by Crippen LogP contribution is 2.47. The van der Waals surface area contributed by atoms with Crippen molar-refractivity contribution in [3.8, 4) is 5.69 Å². The molecule has 7 rings (SSSR count). The van der Waals surface area contributed by atoms with E-state index in [4.69, 9.17) is 21.1 Å². The molecular weight excluding hydrogens is 682 g/mol. The number of aryl methyl sites for hydroxylation is 1. The molecule has 2 aromatic carbocycles. The minimum atomic E-state index is -1.17. The van der Waals surface area contributed by atoms with E-state index in [0.29, 0.717) is 66.5 Å². The number of carbonyl (C=O) groups excluding carboxylic acids is 2. The summed E-state index contributed by atoms with van der Waals surface area (Å²) in [5, 5.41) is 12.2. The molecule has 0 bridgehead atoms. The lowest BCUT2D eigenvalue weighted by atomic mass is 9.90. The molecule has 4 heterocycles. The van der Waals surface area contributed by atoms with E-state index in [1.165, 1.54) is 29.3 Å². The molecule has 3 fully saturated rings. The molecule has 276 valence electrons. The van der Waals surface area contributed by atoms with Crippen molar-refractivity contribution in [2.24, 2.45) is 0 Å². The number of hydrogen-bond donors (Lipinski definition) is 1. The zero-order valence-corrected chi connectivity index (χ0v) is 31.6. The zero-order valence-electron chi connectivity index (χ0n) is 30.8. The average molecular weight is 730 g/mol. The number of hydrogen-bond acceptors (Lipinski definition) is 7. The van der Waals surface area contributed by atoms with Crippen LogP contribution in [0, 0.1) is 6.92 Å². The first-order valence-corrected chi connectivity index (χ1v) is 18.5. The van der Waals surface area contributed by atoms with Gasteiger partial charge < -0.3 is 19.5 Å². The van der Waals surface area contributed by atoms with Gasteiger partial charge in [-0.1, -0.05) is 36.7 Å². The van der Waals surface area contributed by atoms with Gasteiger partial charge in [-0.15, -0.1) is 0 Å². The molecular formula is C40H48ClN5O6. The van der Waals surface area contributed by atoms with Gasteiger partial charge in [0.05, 0.1) is 42.8 Å². The van der Waals surface area contributed by atoms with Crippen LogP contribution in [-0.4, -0.2) is 84.6 Å². The van der Waals surface area contributed by atoms with Crippen molar-refractivity contribution in [3.63, 3.8) is 0 Å². The van der Waals surface area contributed by atoms with Gasteiger partial charge in [-0.05, 0) is 113 Å². The lowest BCUT2D eigenvalue weighted by molar-refractivity contribution is -0.0645. The Morgan fingerprint density at radius 3 is 2.38 bits per heavy atom. The predicted molar refractivity (Wildman–Crippen MR) is 199 cm³/mol. The van der Waals surface area contributed by atoms with Gasteiger partial charge in [0.2, 0.25) is 0 Å². The van der Waals surface area contributed by atoms with Gasteiger partial charge in [0.15, 0.2) is 5.65 Å². The number of nitrogens with zero attached hydrogens (tertiary/aromatic N) is 5. The van der Waals surface area contributed by atoms with Crippen molar-refractivity contribution < 1.29 is 24.2 Å². The number of aliphatic hydroxyl groups is 1. The van der Waals surface area contributed by atoms with Gasteiger partial charge >= 0.3 is 6.09 Å². The number of carbonyl (C=O) groups is 2. The van der Waals surface area contributed by atoms with Gasteiger partial charge in [-0.2, -0.15) is 0 Å². The predicted octanol–water partition coefficient (Wildman–Crippen LogP) is 6.56. The number of halogens is 1. The molecule has 2 aromatic heterocycles. The fourth-order valence-electron chi connectivity index (χ4n) is 7.47. The first kappa shape index (κ1) is 36.2. The Morgan fingerprint density at radius 2 is 1.75 bits per heavy atom. The van der Waals surface area contributed by atoms with Crippen molar-refractivity contribution in [2.45, 2.75) is 103 Å². The number of likely N-dealkylation sites (tertiary alicyclic amines) is 1. The standard InChI is InChI=1S/C40H48ClN5O6/c1-25-19-29(11-12-30(25)32-22-51-26(2)21-45(32)37(49)52-38(3,4)5)46-33(41)20-31-34(46)42-24-44(36(31)48)23-40(50)15-17-43(18-16-40)35(47)27-7-9-28(10-8-27)39(6)13-14-39/h7-12,19-20,24,26,32,50H,13-18,21-23H2,1-6H3/t26-,32-/m1/s1. The minimum Gasteiger partial charge on any atom is -0.444 e. The van der Waals surface area contributed by atoms with Crippen LogP contribution in [0.15, 0.2) is 59.7 Å². The Kier molecular flexibility index (Phi) is 9.28. The molecule has 2 aliphatic heterocycles. The van der Waals surface area contributed by atoms with Gasteiger partial charge in [0.25, 0.3) is 11.5 Å². The number of amides is 2. The van der Waals surface area contributed by atoms with Crippen LogP contribution < -0.4 is 5.56 Å². The molecule has 0 unspecified atom stereocenters. The van der Waals surface area contributed by atoms with Gasteiger partial charge in [0.1, 0.15) is 17.1 Å². The van der Waals surface area contributed by atoms with E-state index in [1.807, 2.05) is 65.0 Å². The second-order valence-corrected chi connectivity index (χ2v) is 16.6. The van der Waals surface area contributed by atoms with Gasteiger partial charge in [0, 0.05) is 24.3 Å². The maximum absolute atomic E-state index is 13.8. The van der Waals surface area contributed by atoms with Crippen molar-refractivity contribution in [3.05, 3.63) is 92.6 Å². The molecule has 2 atom stereocenters. The van der Waals surface area contributed by atoms with Gasteiger partial charge in [-0.25, -0.2) is 9.78 Å². The highest BCUT2D eigenvalue weighted by atomic mass is 35.5. The lowest BCUT2D eigenvalue weighted by Crippen LogP contribution is -2.49. The van der Waals surface area contributed by atoms with Crippen LogP contribution in [0.2, 0.25) is 5.15 Å². The van der Waals surface area contributed by atoms with E-state index in [2.05, 4.69) is 24.0 Å². The summed E-state index contributed by atoms with van der Waals surface area (Å²) >= 11 is 6.76. The number of fused-ring (bicyclic) bond motifs is 1. The SMILES string of the molecule is Cc1cc(-n2c(Cl)cc3c(=O)n(CC4(O)CCN(C(=O)c5ccc(C6(C)CC6)cc5)CC4)cnc32)ccc1[C@H]1CO[C@H](C)CN1C(=O)OC(C)(C)C. The third kappa shape index (κ3) is 7.10. The fourth-order valence-corrected chi connectivity index (χ4v) is 7.76. The molecule has 1 N–H and O–H groups in total. The lowest BCUT2D eigenvalue weighted by Gasteiger charge is -2.40. The van der Waals surface area contributed by atoms with E-state index in [9.17, 15) is 19.5 Å². The second kappa shape index (κ2) is 13.3. The Labute approximate surface area is 309 Å². The molecule has 4 aromatic rings. The molecule has 0 radical (unpaired) electrons. The summed E-state index contributed by atoms with van der Waals surface area (Å²) in [6.45, 7) is 13.3. The third-order valence-electron chi connectivity index (χ3n) is 10.9. The first-order valence-electron chi connectivity index (χ1n) is 18.1. The molecule has 2 saturated heterocycles. The third-order valence-corrected chi connectivity index (χ3v) is 11.2. The number of rotatable bonds is 6. The number of piperidine rings is 1. The molecule has 1 aliphatic carbocycles. The quantitative estimate of drug-likeness (QED) is 0.239. The summed E-state index contributed by atoms with van der Waals surface area (Å²) in [6, 6.07) is 15.0. The Hall–Kier alpha value is -4.19. The summed E-state index contributed by atoms with van der Waals surface area (Å²) in [4.78, 5) is 48.4. The maximum atomic E-state index is 13.8. The number of aromatic nitrogens is 3. The van der Waals surface area contributed by atoms with Crippen LogP contribution in [0.3, 0.4) is 0 Å². The summed E-state index contributed by atoms with van der Waals surface area (Å²) in [5.41, 5.74) is 3.01. The van der Waals surface area contributed by atoms with E-state index in [1.54, 1.807) is 20.4 Å². The Morgan fingerprint density at radius 1 is 1.06 bits per heavy atom. The highest BCUT2D eigenvalue weighted by Gasteiger charge is 2.40. The summed E-state index contributed by atoms with van der Waals surface area (Å²) in [6.07, 6.45) is 3.98. The molecule has 52 heavy (non-hydrogen) atoms. The summed E-state index contributed by atoms with van der Waals surface area (Å²) in [7, 11) is 0. The normalized spacial score (nSPS) is 21.3. The monoisotopic (exact) mass is 729 g/mol. The summed E-state index contributed by atoms with van der Waals surface area (Å²) < 4.78 is 14.8. The smallest absolute Gasteiger partial charge is 0.410 e. The van der Waals surface area contributed by atoms with Crippen molar-refractivity contribution in [2.75, 3.05) is 26.2 Å². The maximum Gasteiger partial charge on any atom is 0.410 e. The molecule has 3 aliphatic rings. The van der Waals surface area contributed by atoms with Crippen LogP contribution in [-0.2, 0) is 21.4 Å². The zero-order chi connectivity index (χ0) is 37.2. The topological polar surface area (TPSA) is 119 Å². The molecule has 1 saturated carbocycles. The number of benzene rings is 2. The number of ether oxygens (including phenoxy) is 2. The van der Waals surface area contributed by atoms with Crippen molar-refractivity contribution in [1.29, 1.82) is 0 Å². The average Bonchev–Trinajstić information content (AvgIpc) is 3.75. The highest BCUT2D eigenvalue weighted by molar-refractivity contribution is 6.31. The minimum absolute atomic E-state index is 0.0453. The van der Waals surface area contributed by atoms with Crippen LogP contribution >= 0.6 is 11.6 Å². The largest absolute Gasteiger partial charge is 0.444 e. The molecule has 12 heteroatoms. The first-order chi connectivity index (χ1) is 24.5. The van der Waals surface area contributed by atoms with Crippen LogP contribution in [0.25, 0.3) is 16.7 Å². The summed E-state index contributed by atoms with van der Waals surface area (Å²) in [5.74, 6) is -0.0453. The van der Waals surface area contributed by atoms with E-state index >= 15 is 0 Å². The molecule has 0 spiro atoms. The number of morpholine rings is 1. The Bertz CT molecular complexity index is 2070. The van der Waals surface area contributed by atoms with Crippen LogP contribution in [0.4, 0.5) is 4.79 Å². The second-order valence-electron chi connectivity index (χ2n) is 16.2. The fraction of sp³-hybridized carbons (Fsp3) is 0.500. The Balaban J connectivity index is 1.06. The van der Waals surface area contributed by atoms with Crippen LogP contribution in [0.5, 0.6) is 0 Å².